The van der Waals surface area contributed by atoms with E-state index in [9.17, 15) is 0 Å². The van der Waals surface area contributed by atoms with Gasteiger partial charge in [-0.05, 0) is 46.5 Å². The first-order valence-corrected chi connectivity index (χ1v) is 7.92. The van der Waals surface area contributed by atoms with E-state index < -0.39 is 0 Å². The summed E-state index contributed by atoms with van der Waals surface area (Å²) in [5, 5.41) is 5.52. The molecular weight excluding hydrogens is 310 g/mol. The summed E-state index contributed by atoms with van der Waals surface area (Å²) < 4.78 is 7.01. The summed E-state index contributed by atoms with van der Waals surface area (Å²) in [6.45, 7) is 3.97. The quantitative estimate of drug-likeness (QED) is 0.874. The third-order valence-corrected chi connectivity index (χ3v) is 5.08. The van der Waals surface area contributed by atoms with Gasteiger partial charge < -0.3 is 9.73 Å². The molecule has 0 amide bonds. The van der Waals surface area contributed by atoms with Crippen molar-refractivity contribution in [3.63, 3.8) is 0 Å². The Bertz CT molecular complexity index is 533. The van der Waals surface area contributed by atoms with Crippen molar-refractivity contribution in [2.75, 3.05) is 0 Å². The van der Waals surface area contributed by atoms with Crippen molar-refractivity contribution in [2.24, 2.45) is 5.92 Å². The first-order chi connectivity index (χ1) is 8.72. The lowest BCUT2D eigenvalue weighted by atomic mass is 10.3. The predicted molar refractivity (Wildman–Crippen MR) is 77.8 cm³/mol. The molecule has 1 fully saturated rings. The van der Waals surface area contributed by atoms with Crippen LogP contribution < -0.4 is 5.32 Å². The molecule has 1 N–H and O–H groups in total. The Labute approximate surface area is 120 Å². The minimum absolute atomic E-state index is 0.673. The van der Waals surface area contributed by atoms with Gasteiger partial charge in [0.05, 0.1) is 6.54 Å². The molecule has 2 aromatic rings. The fraction of sp³-hybridized carbons (Fsp3) is 0.429. The fourth-order valence-corrected chi connectivity index (χ4v) is 3.58. The lowest BCUT2D eigenvalue weighted by Crippen LogP contribution is -2.10. The van der Waals surface area contributed by atoms with Crippen LogP contribution in [0.3, 0.4) is 0 Å². The van der Waals surface area contributed by atoms with Crippen molar-refractivity contribution in [1.29, 1.82) is 0 Å². The van der Waals surface area contributed by atoms with Gasteiger partial charge in [0.2, 0.25) is 0 Å². The van der Waals surface area contributed by atoms with Gasteiger partial charge in [0, 0.05) is 27.2 Å². The first kappa shape index (κ1) is 12.5. The van der Waals surface area contributed by atoms with Crippen LogP contribution in [0.4, 0.5) is 0 Å². The Balaban J connectivity index is 1.49. The van der Waals surface area contributed by atoms with Crippen LogP contribution in [0, 0.1) is 5.92 Å². The molecule has 0 saturated heterocycles. The average molecular weight is 326 g/mol. The maximum Gasteiger partial charge on any atom is 0.117 e. The molecule has 1 saturated carbocycles. The predicted octanol–water partition coefficient (Wildman–Crippen LogP) is 4.52. The monoisotopic (exact) mass is 325 g/mol. The fourth-order valence-electron chi connectivity index (χ4n) is 2.16. The molecule has 4 heteroatoms. The molecule has 0 aliphatic heterocycles. The van der Waals surface area contributed by atoms with Crippen LogP contribution in [0.5, 0.6) is 0 Å². The third-order valence-electron chi connectivity index (χ3n) is 3.38. The lowest BCUT2D eigenvalue weighted by molar-refractivity contribution is 0.444. The molecule has 1 aliphatic carbocycles. The summed E-state index contributed by atoms with van der Waals surface area (Å²) in [4.78, 5) is 1.34. The van der Waals surface area contributed by atoms with Crippen molar-refractivity contribution < 1.29 is 4.42 Å². The molecule has 2 heterocycles. The molecule has 3 rings (SSSR count). The minimum Gasteiger partial charge on any atom is -0.464 e. The van der Waals surface area contributed by atoms with Gasteiger partial charge in [-0.1, -0.05) is 6.92 Å². The Morgan fingerprint density at radius 1 is 1.44 bits per heavy atom. The van der Waals surface area contributed by atoms with E-state index in [1.165, 1.54) is 11.3 Å². The summed E-state index contributed by atoms with van der Waals surface area (Å²) in [7, 11) is 0. The molecule has 2 atom stereocenters. The van der Waals surface area contributed by atoms with Gasteiger partial charge in [0.15, 0.2) is 0 Å². The summed E-state index contributed by atoms with van der Waals surface area (Å²) >= 11 is 5.23. The molecule has 0 radical (unpaired) electrons. The molecule has 96 valence electrons. The van der Waals surface area contributed by atoms with Crippen molar-refractivity contribution in [2.45, 2.75) is 32.4 Å². The zero-order valence-corrected chi connectivity index (χ0v) is 12.7. The maximum atomic E-state index is 5.85. The topological polar surface area (TPSA) is 25.2 Å². The van der Waals surface area contributed by atoms with Gasteiger partial charge in [-0.2, -0.15) is 0 Å². The van der Waals surface area contributed by atoms with Gasteiger partial charge in [0.1, 0.15) is 11.5 Å². The average Bonchev–Trinajstić information content (AvgIpc) is 2.79. The highest BCUT2D eigenvalue weighted by Gasteiger charge is 2.36. The zero-order valence-electron chi connectivity index (χ0n) is 10.3. The van der Waals surface area contributed by atoms with Crippen molar-refractivity contribution in [3.8, 4) is 0 Å². The van der Waals surface area contributed by atoms with Gasteiger partial charge in [-0.25, -0.2) is 0 Å². The highest BCUT2D eigenvalue weighted by Crippen LogP contribution is 2.47. The van der Waals surface area contributed by atoms with Crippen LogP contribution in [0.15, 0.2) is 32.5 Å². The number of furan rings is 1. The number of hydrogen-bond donors (Lipinski definition) is 1. The molecule has 18 heavy (non-hydrogen) atoms. The number of hydrogen-bond acceptors (Lipinski definition) is 3. The van der Waals surface area contributed by atoms with Crippen LogP contribution in [-0.2, 0) is 13.1 Å². The smallest absolute Gasteiger partial charge is 0.117 e. The van der Waals surface area contributed by atoms with E-state index in [0.29, 0.717) is 5.92 Å². The zero-order chi connectivity index (χ0) is 12.5. The summed E-state index contributed by atoms with van der Waals surface area (Å²) in [5.41, 5.74) is 0. The lowest BCUT2D eigenvalue weighted by Gasteiger charge is -2.00. The van der Waals surface area contributed by atoms with E-state index in [4.69, 9.17) is 4.42 Å². The summed E-state index contributed by atoms with van der Waals surface area (Å²) in [5.74, 6) is 3.69. The molecule has 0 aromatic carbocycles. The number of halogens is 1. The number of rotatable bonds is 5. The van der Waals surface area contributed by atoms with Gasteiger partial charge in [-0.15, -0.1) is 11.3 Å². The second-order valence-electron chi connectivity index (χ2n) is 4.96. The van der Waals surface area contributed by atoms with Crippen LogP contribution in [-0.4, -0.2) is 0 Å². The normalized spacial score (nSPS) is 22.3. The third kappa shape index (κ3) is 2.87. The van der Waals surface area contributed by atoms with Crippen LogP contribution >= 0.6 is 27.3 Å². The molecule has 2 nitrogen and oxygen atoms in total. The van der Waals surface area contributed by atoms with Crippen molar-refractivity contribution >= 4 is 27.3 Å². The highest BCUT2D eigenvalue weighted by atomic mass is 79.9. The molecule has 0 bridgehead atoms. The SMILES string of the molecule is CC1CC1c1ccc(CNCc2cc(Br)cs2)o1. The molecule has 0 spiro atoms. The maximum absolute atomic E-state index is 5.85. The Morgan fingerprint density at radius 2 is 2.28 bits per heavy atom. The van der Waals surface area contributed by atoms with Crippen molar-refractivity contribution in [3.05, 3.63) is 44.4 Å². The number of thiophene rings is 1. The van der Waals surface area contributed by atoms with Crippen LogP contribution in [0.1, 0.15) is 35.7 Å². The van der Waals surface area contributed by atoms with E-state index >= 15 is 0 Å². The van der Waals surface area contributed by atoms with E-state index in [2.05, 4.69) is 51.7 Å². The van der Waals surface area contributed by atoms with Gasteiger partial charge in [-0.3, -0.25) is 0 Å². The first-order valence-electron chi connectivity index (χ1n) is 6.24. The van der Waals surface area contributed by atoms with Crippen LogP contribution in [0.2, 0.25) is 0 Å². The number of nitrogens with one attached hydrogen (secondary N) is 1. The molecule has 1 aliphatic rings. The van der Waals surface area contributed by atoms with Crippen molar-refractivity contribution in [1.82, 2.24) is 5.32 Å². The largest absolute Gasteiger partial charge is 0.464 e. The minimum atomic E-state index is 0.673. The van der Waals surface area contributed by atoms with E-state index in [1.807, 2.05) is 0 Å². The summed E-state index contributed by atoms with van der Waals surface area (Å²) in [6.07, 6.45) is 1.28. The molecule has 2 aromatic heterocycles. The second kappa shape index (κ2) is 5.19. The van der Waals surface area contributed by atoms with E-state index in [1.54, 1.807) is 11.3 Å². The van der Waals surface area contributed by atoms with E-state index in [0.717, 1.165) is 35.0 Å². The Hall–Kier alpha value is -0.580. The highest BCUT2D eigenvalue weighted by molar-refractivity contribution is 9.10. The standard InChI is InChI=1S/C14H16BrNOS/c1-9-4-13(9)14-3-2-11(17-14)6-16-7-12-5-10(15)8-18-12/h2-3,5,8-9,13,16H,4,6-7H2,1H3. The van der Waals surface area contributed by atoms with Crippen LogP contribution in [0.25, 0.3) is 0 Å². The van der Waals surface area contributed by atoms with Gasteiger partial charge in [0.25, 0.3) is 0 Å². The molecular formula is C14H16BrNOS. The van der Waals surface area contributed by atoms with Gasteiger partial charge >= 0.3 is 0 Å². The second-order valence-corrected chi connectivity index (χ2v) is 6.87. The summed E-state index contributed by atoms with van der Waals surface area (Å²) in [6, 6.07) is 6.38. The Morgan fingerprint density at radius 3 is 2.94 bits per heavy atom. The Kier molecular flexibility index (Phi) is 3.59. The molecule has 2 unspecified atom stereocenters. The van der Waals surface area contributed by atoms with E-state index in [-0.39, 0.29) is 0 Å².